The van der Waals surface area contributed by atoms with E-state index in [1.165, 1.54) is 13.0 Å². The molecule has 0 aliphatic carbocycles. The van der Waals surface area contributed by atoms with E-state index in [9.17, 15) is 4.79 Å². The molecule has 0 amide bonds. The summed E-state index contributed by atoms with van der Waals surface area (Å²) in [6, 6.07) is 1.43. The highest BCUT2D eigenvalue weighted by Crippen LogP contribution is 2.08. The number of anilines is 2. The number of hydrogen-bond acceptors (Lipinski definition) is 6. The van der Waals surface area contributed by atoms with E-state index in [0.29, 0.717) is 6.61 Å². The first-order valence-corrected chi connectivity index (χ1v) is 4.52. The molecule has 0 unspecified atom stereocenters. The zero-order chi connectivity index (χ0) is 11.8. The zero-order valence-corrected chi connectivity index (χ0v) is 9.28. The summed E-state index contributed by atoms with van der Waals surface area (Å²) >= 11 is 5.44. The number of ether oxygens (including phenoxy) is 1. The Hall–Kier alpha value is -1.56. The fraction of sp³-hybridized carbons (Fsp3) is 0.375. The van der Waals surface area contributed by atoms with Crippen LogP contribution in [0.2, 0.25) is 5.15 Å². The Morgan fingerprint density at radius 3 is 2.40 bits per heavy atom. The van der Waals surface area contributed by atoms with Crippen LogP contribution in [0, 0.1) is 0 Å². The van der Waals surface area contributed by atoms with Gasteiger partial charge in [0.15, 0.2) is 0 Å². The van der Waals surface area contributed by atoms with Crippen LogP contribution in [0.1, 0.15) is 13.8 Å². The fourth-order valence-electron chi connectivity index (χ4n) is 0.657. The van der Waals surface area contributed by atoms with Gasteiger partial charge >= 0.3 is 5.97 Å². The largest absolute Gasteiger partial charge is 0.466 e. The van der Waals surface area contributed by atoms with Crippen molar-refractivity contribution in [3.63, 3.8) is 0 Å². The Bertz CT molecular complexity index is 282. The second-order valence-electron chi connectivity index (χ2n) is 2.40. The van der Waals surface area contributed by atoms with E-state index in [-0.39, 0.29) is 22.9 Å². The van der Waals surface area contributed by atoms with E-state index in [4.69, 9.17) is 23.1 Å². The molecule has 0 saturated heterocycles. The third-order valence-electron chi connectivity index (χ3n) is 1.08. The van der Waals surface area contributed by atoms with Crippen LogP contribution in [0.5, 0.6) is 0 Å². The topological polar surface area (TPSA) is 104 Å². The zero-order valence-electron chi connectivity index (χ0n) is 8.53. The normalized spacial score (nSPS) is 8.73. The van der Waals surface area contributed by atoms with Crippen LogP contribution in [0.25, 0.3) is 0 Å². The average molecular weight is 233 g/mol. The van der Waals surface area contributed by atoms with Crippen LogP contribution < -0.4 is 11.5 Å². The van der Waals surface area contributed by atoms with E-state index in [0.717, 1.165) is 0 Å². The molecule has 0 saturated carbocycles. The van der Waals surface area contributed by atoms with Gasteiger partial charge in [0.1, 0.15) is 11.0 Å². The Labute approximate surface area is 92.6 Å². The van der Waals surface area contributed by atoms with Crippen molar-refractivity contribution < 1.29 is 9.53 Å². The van der Waals surface area contributed by atoms with Crippen molar-refractivity contribution in [3.05, 3.63) is 11.2 Å². The van der Waals surface area contributed by atoms with Crippen molar-refractivity contribution in [1.82, 2.24) is 9.97 Å². The number of halogens is 1. The van der Waals surface area contributed by atoms with Gasteiger partial charge in [0.2, 0.25) is 5.95 Å². The van der Waals surface area contributed by atoms with Gasteiger partial charge in [0.05, 0.1) is 6.61 Å². The number of nitrogens with zero attached hydrogens (tertiary/aromatic N) is 2. The molecule has 0 atom stereocenters. The molecule has 0 spiro atoms. The number of carbonyl (C=O) groups excluding carboxylic acids is 1. The van der Waals surface area contributed by atoms with Gasteiger partial charge in [-0.05, 0) is 6.92 Å². The van der Waals surface area contributed by atoms with Crippen LogP contribution in [0.3, 0.4) is 0 Å². The van der Waals surface area contributed by atoms with Crippen molar-refractivity contribution >= 4 is 29.3 Å². The van der Waals surface area contributed by atoms with Gasteiger partial charge in [-0.2, -0.15) is 4.98 Å². The van der Waals surface area contributed by atoms with Gasteiger partial charge in [-0.25, -0.2) is 4.98 Å². The summed E-state index contributed by atoms with van der Waals surface area (Å²) < 4.78 is 4.40. The van der Waals surface area contributed by atoms with Gasteiger partial charge in [-0.1, -0.05) is 11.6 Å². The quantitative estimate of drug-likeness (QED) is 0.550. The molecule has 4 N–H and O–H groups in total. The Morgan fingerprint density at radius 1 is 1.53 bits per heavy atom. The van der Waals surface area contributed by atoms with Crippen LogP contribution >= 0.6 is 11.6 Å². The van der Waals surface area contributed by atoms with E-state index >= 15 is 0 Å². The maximum Gasteiger partial charge on any atom is 0.302 e. The molecule has 1 heterocycles. The average Bonchev–Trinajstić information content (AvgIpc) is 2.00. The summed E-state index contributed by atoms with van der Waals surface area (Å²) in [5.41, 5.74) is 10.4. The first-order valence-electron chi connectivity index (χ1n) is 4.14. The first-order chi connectivity index (χ1) is 6.95. The number of aromatic nitrogens is 2. The van der Waals surface area contributed by atoms with Gasteiger partial charge in [-0.15, -0.1) is 0 Å². The predicted octanol–water partition coefficient (Wildman–Crippen LogP) is 0.864. The number of esters is 1. The SMILES string of the molecule is CCOC(C)=O.Nc1cc(Cl)nc(N)n1. The standard InChI is InChI=1S/C4H5ClN4.C4H8O2/c5-2-1-3(6)9-4(7)8-2;1-3-6-4(2)5/h1H,(H4,6,7,8,9);3H2,1-2H3. The molecule has 0 aliphatic rings. The first kappa shape index (κ1) is 13.4. The molecule has 0 aliphatic heterocycles. The van der Waals surface area contributed by atoms with Gasteiger partial charge in [-0.3, -0.25) is 4.79 Å². The minimum atomic E-state index is -0.211. The highest BCUT2D eigenvalue weighted by Gasteiger charge is 1.93. The molecule has 0 radical (unpaired) electrons. The summed E-state index contributed by atoms with van der Waals surface area (Å²) in [4.78, 5) is 17.0. The third kappa shape index (κ3) is 7.51. The lowest BCUT2D eigenvalue weighted by Crippen LogP contribution is -1.98. The predicted molar refractivity (Wildman–Crippen MR) is 58.2 cm³/mol. The highest BCUT2D eigenvalue weighted by molar-refractivity contribution is 6.29. The van der Waals surface area contributed by atoms with Crippen molar-refractivity contribution in [2.24, 2.45) is 0 Å². The Kier molecular flexibility index (Phi) is 6.12. The third-order valence-corrected chi connectivity index (χ3v) is 1.27. The lowest BCUT2D eigenvalue weighted by Gasteiger charge is -1.93. The minimum Gasteiger partial charge on any atom is -0.466 e. The van der Waals surface area contributed by atoms with Crippen molar-refractivity contribution in [2.75, 3.05) is 18.1 Å². The van der Waals surface area contributed by atoms with Crippen LogP contribution in [-0.2, 0) is 9.53 Å². The van der Waals surface area contributed by atoms with E-state index in [2.05, 4.69) is 14.7 Å². The molecule has 6 nitrogen and oxygen atoms in total. The molecule has 15 heavy (non-hydrogen) atoms. The Morgan fingerprint density at radius 2 is 2.13 bits per heavy atom. The van der Waals surface area contributed by atoms with E-state index in [1.807, 2.05) is 0 Å². The van der Waals surface area contributed by atoms with Crippen molar-refractivity contribution in [3.8, 4) is 0 Å². The van der Waals surface area contributed by atoms with Crippen LogP contribution in [0.4, 0.5) is 11.8 Å². The maximum atomic E-state index is 9.82. The minimum absolute atomic E-state index is 0.0972. The molecule has 1 aromatic rings. The summed E-state index contributed by atoms with van der Waals surface area (Å²) in [5.74, 6) is 0.171. The number of nitrogens with two attached hydrogens (primary N) is 2. The molecule has 1 aromatic heterocycles. The summed E-state index contributed by atoms with van der Waals surface area (Å²) in [6.45, 7) is 3.65. The van der Waals surface area contributed by atoms with E-state index in [1.54, 1.807) is 6.92 Å². The molecular weight excluding hydrogens is 220 g/mol. The van der Waals surface area contributed by atoms with Crippen LogP contribution in [0.15, 0.2) is 6.07 Å². The number of rotatable bonds is 1. The highest BCUT2D eigenvalue weighted by atomic mass is 35.5. The monoisotopic (exact) mass is 232 g/mol. The van der Waals surface area contributed by atoms with Gasteiger partial charge in [0.25, 0.3) is 0 Å². The summed E-state index contributed by atoms with van der Waals surface area (Å²) in [5, 5.41) is 0.264. The number of nitrogen functional groups attached to an aromatic ring is 2. The number of hydrogen-bond donors (Lipinski definition) is 2. The van der Waals surface area contributed by atoms with Crippen LogP contribution in [-0.4, -0.2) is 22.5 Å². The van der Waals surface area contributed by atoms with Crippen molar-refractivity contribution in [1.29, 1.82) is 0 Å². The fourth-order valence-corrected chi connectivity index (χ4v) is 0.855. The maximum absolute atomic E-state index is 9.82. The Balaban J connectivity index is 0.000000288. The molecule has 0 fully saturated rings. The second-order valence-corrected chi connectivity index (χ2v) is 2.79. The molecule has 1 rings (SSSR count). The van der Waals surface area contributed by atoms with Gasteiger partial charge in [0, 0.05) is 13.0 Å². The molecule has 0 aromatic carbocycles. The second kappa shape index (κ2) is 6.83. The number of carbonyl (C=O) groups is 1. The van der Waals surface area contributed by atoms with Crippen molar-refractivity contribution in [2.45, 2.75) is 13.8 Å². The lowest BCUT2D eigenvalue weighted by atomic mass is 10.6. The summed E-state index contributed by atoms with van der Waals surface area (Å²) in [7, 11) is 0. The molecular formula is C8H13ClN4O2. The summed E-state index contributed by atoms with van der Waals surface area (Å²) in [6.07, 6.45) is 0. The smallest absolute Gasteiger partial charge is 0.302 e. The van der Waals surface area contributed by atoms with E-state index < -0.39 is 0 Å². The lowest BCUT2D eigenvalue weighted by molar-refractivity contribution is -0.140. The molecule has 84 valence electrons. The molecule has 7 heteroatoms. The molecule has 0 bridgehead atoms. The van der Waals surface area contributed by atoms with Gasteiger partial charge < -0.3 is 16.2 Å².